The lowest BCUT2D eigenvalue weighted by Gasteiger charge is -2.22. The zero-order valence-electron chi connectivity index (χ0n) is 13.0. The second-order valence-corrected chi connectivity index (χ2v) is 7.03. The number of halogens is 4. The maximum atomic E-state index is 12.7. The minimum absolute atomic E-state index is 0.0176. The summed E-state index contributed by atoms with van der Waals surface area (Å²) >= 11 is 7.31. The summed E-state index contributed by atoms with van der Waals surface area (Å²) in [5.41, 5.74) is 6.29. The second kappa shape index (κ2) is 6.38. The lowest BCUT2D eigenvalue weighted by atomic mass is 10.0. The Morgan fingerprint density at radius 1 is 1.48 bits per heavy atom. The number of nitrogens with zero attached hydrogens (tertiary/aromatic N) is 1. The number of carbonyl (C=O) groups excluding carboxylic acids is 1. The van der Waals surface area contributed by atoms with Crippen molar-refractivity contribution >= 4 is 39.7 Å². The minimum Gasteiger partial charge on any atom is -0.465 e. The first kappa shape index (κ1) is 17.8. The van der Waals surface area contributed by atoms with E-state index in [1.807, 2.05) is 4.90 Å². The number of fused-ring (bicyclic) bond motifs is 1. The number of ether oxygens (including phenoxy) is 1. The number of hydrogen-bond donors (Lipinski definition) is 1. The van der Waals surface area contributed by atoms with Gasteiger partial charge < -0.3 is 10.5 Å². The third-order valence-corrected chi connectivity index (χ3v) is 5.32. The lowest BCUT2D eigenvalue weighted by Crippen LogP contribution is -2.34. The maximum Gasteiger partial charge on any atom is 0.419 e. The van der Waals surface area contributed by atoms with Crippen LogP contribution in [0, 0.1) is 0 Å². The topological polar surface area (TPSA) is 69.7 Å². The summed E-state index contributed by atoms with van der Waals surface area (Å²) in [6.45, 7) is 0.873. The molecule has 0 fully saturated rings. The number of aromatic amines is 1. The number of anilines is 2. The molecule has 3 heterocycles. The molecular formula is C15H14ClF3N3O2S+. The number of nitrogens with two attached hydrogens (primary N) is 1. The first-order valence-corrected chi connectivity index (χ1v) is 8.43. The van der Waals surface area contributed by atoms with E-state index >= 15 is 0 Å². The number of thiophene rings is 1. The zero-order chi connectivity index (χ0) is 18.4. The molecule has 2 aromatic heterocycles. The van der Waals surface area contributed by atoms with Gasteiger partial charge in [0.25, 0.3) is 5.82 Å². The van der Waals surface area contributed by atoms with Crippen molar-refractivity contribution in [1.29, 1.82) is 0 Å². The Hall–Kier alpha value is -2.00. The number of nitrogens with one attached hydrogen (secondary N) is 1. The summed E-state index contributed by atoms with van der Waals surface area (Å²) in [4.78, 5) is 17.2. The molecule has 0 spiro atoms. The van der Waals surface area contributed by atoms with E-state index in [0.717, 1.165) is 22.7 Å². The van der Waals surface area contributed by atoms with E-state index in [-0.39, 0.29) is 5.02 Å². The van der Waals surface area contributed by atoms with Crippen LogP contribution in [-0.4, -0.2) is 19.6 Å². The standard InChI is InChI=1S/C15H13ClF3N3O2S/c1-24-14(23)11-8-2-3-22(6-10(8)25-12(11)20)13-9(16)4-7(5-21-13)15(17,18)19/h4-5H,2-3,6,20H2,1H3/p+1. The summed E-state index contributed by atoms with van der Waals surface area (Å²) in [7, 11) is 1.29. The number of aromatic nitrogens is 1. The highest BCUT2D eigenvalue weighted by Gasteiger charge is 2.35. The van der Waals surface area contributed by atoms with Gasteiger partial charge in [0.05, 0.1) is 29.7 Å². The van der Waals surface area contributed by atoms with Crippen molar-refractivity contribution in [3.8, 4) is 0 Å². The first-order chi connectivity index (χ1) is 11.7. The van der Waals surface area contributed by atoms with Crippen LogP contribution in [0.4, 0.5) is 24.0 Å². The van der Waals surface area contributed by atoms with E-state index < -0.39 is 17.7 Å². The molecule has 5 nitrogen and oxygen atoms in total. The maximum absolute atomic E-state index is 12.7. The fraction of sp³-hybridized carbons (Fsp3) is 0.333. The smallest absolute Gasteiger partial charge is 0.419 e. The van der Waals surface area contributed by atoms with Crippen molar-refractivity contribution in [3.05, 3.63) is 38.9 Å². The summed E-state index contributed by atoms with van der Waals surface area (Å²) < 4.78 is 43.0. The van der Waals surface area contributed by atoms with Crippen LogP contribution < -0.4 is 15.6 Å². The molecule has 0 saturated carbocycles. The fourth-order valence-electron chi connectivity index (χ4n) is 2.81. The van der Waals surface area contributed by atoms with Gasteiger partial charge in [-0.2, -0.15) is 13.2 Å². The lowest BCUT2D eigenvalue weighted by molar-refractivity contribution is -0.367. The van der Waals surface area contributed by atoms with E-state index in [0.29, 0.717) is 35.9 Å². The van der Waals surface area contributed by atoms with Crippen LogP contribution in [0.2, 0.25) is 5.02 Å². The molecule has 134 valence electrons. The van der Waals surface area contributed by atoms with Crippen LogP contribution in [-0.2, 0) is 23.9 Å². The third kappa shape index (κ3) is 3.25. The molecule has 10 heteroatoms. The van der Waals surface area contributed by atoms with Crippen LogP contribution in [0.5, 0.6) is 0 Å². The number of alkyl halides is 3. The highest BCUT2D eigenvalue weighted by Crippen LogP contribution is 2.38. The molecular weight excluding hydrogens is 379 g/mol. The molecule has 1 aliphatic heterocycles. The normalized spacial score (nSPS) is 14.4. The monoisotopic (exact) mass is 392 g/mol. The molecule has 2 aromatic rings. The molecule has 0 aromatic carbocycles. The number of carbonyl (C=O) groups is 1. The van der Waals surface area contributed by atoms with Gasteiger partial charge in [0.15, 0.2) is 0 Å². The quantitative estimate of drug-likeness (QED) is 0.797. The van der Waals surface area contributed by atoms with E-state index in [1.165, 1.54) is 18.4 Å². The van der Waals surface area contributed by atoms with Gasteiger partial charge in [-0.1, -0.05) is 11.6 Å². The summed E-state index contributed by atoms with van der Waals surface area (Å²) in [5.74, 6) is -0.0884. The Morgan fingerprint density at radius 3 is 2.80 bits per heavy atom. The van der Waals surface area contributed by atoms with Crippen molar-refractivity contribution in [2.24, 2.45) is 0 Å². The number of hydrogen-bond acceptors (Lipinski definition) is 5. The molecule has 25 heavy (non-hydrogen) atoms. The van der Waals surface area contributed by atoms with E-state index in [2.05, 4.69) is 4.98 Å². The van der Waals surface area contributed by atoms with Gasteiger partial charge in [-0.05, 0) is 11.6 Å². The van der Waals surface area contributed by atoms with E-state index in [4.69, 9.17) is 22.1 Å². The van der Waals surface area contributed by atoms with Crippen LogP contribution in [0.15, 0.2) is 12.3 Å². The Kier molecular flexibility index (Phi) is 4.54. The van der Waals surface area contributed by atoms with Gasteiger partial charge >= 0.3 is 12.1 Å². The summed E-state index contributed by atoms with van der Waals surface area (Å²) in [6.07, 6.45) is -3.07. The van der Waals surface area contributed by atoms with Crippen molar-refractivity contribution in [1.82, 2.24) is 0 Å². The highest BCUT2D eigenvalue weighted by atomic mass is 35.5. The number of nitrogen functional groups attached to an aromatic ring is 1. The van der Waals surface area contributed by atoms with Gasteiger partial charge in [0.1, 0.15) is 22.8 Å². The van der Waals surface area contributed by atoms with Crippen molar-refractivity contribution < 1.29 is 27.7 Å². The Labute approximate surface area is 150 Å². The summed E-state index contributed by atoms with van der Waals surface area (Å²) in [5, 5.41) is 0.359. The molecule has 3 rings (SSSR count). The van der Waals surface area contributed by atoms with Crippen LogP contribution in [0.3, 0.4) is 0 Å². The fourth-order valence-corrected chi connectivity index (χ4v) is 4.22. The number of pyridine rings is 1. The minimum atomic E-state index is -4.47. The largest absolute Gasteiger partial charge is 0.465 e. The van der Waals surface area contributed by atoms with Crippen molar-refractivity contribution in [2.45, 2.75) is 19.1 Å². The van der Waals surface area contributed by atoms with Gasteiger partial charge in [-0.25, -0.2) is 9.78 Å². The first-order valence-electron chi connectivity index (χ1n) is 7.24. The number of esters is 1. The average molecular weight is 393 g/mol. The van der Waals surface area contributed by atoms with E-state index in [9.17, 15) is 18.0 Å². The van der Waals surface area contributed by atoms with Crippen molar-refractivity contribution in [2.75, 3.05) is 24.3 Å². The molecule has 0 atom stereocenters. The predicted molar refractivity (Wildman–Crippen MR) is 87.8 cm³/mol. The zero-order valence-corrected chi connectivity index (χ0v) is 14.6. The molecule has 0 saturated heterocycles. The number of rotatable bonds is 2. The Balaban J connectivity index is 1.90. The summed E-state index contributed by atoms with van der Waals surface area (Å²) in [6, 6.07) is 0.894. The number of H-pyrrole nitrogens is 1. The molecule has 3 N–H and O–H groups in total. The van der Waals surface area contributed by atoms with Gasteiger partial charge in [0.2, 0.25) is 0 Å². The molecule has 0 radical (unpaired) electrons. The third-order valence-electron chi connectivity index (χ3n) is 3.99. The van der Waals surface area contributed by atoms with Crippen LogP contribution in [0.25, 0.3) is 0 Å². The molecule has 0 amide bonds. The molecule has 0 bridgehead atoms. The van der Waals surface area contributed by atoms with Crippen molar-refractivity contribution in [3.63, 3.8) is 0 Å². The Morgan fingerprint density at radius 2 is 2.20 bits per heavy atom. The SMILES string of the molecule is COC(=O)c1c(N)sc2c1CCN(c1[nH+]cc(C(F)(F)F)cc1Cl)C2. The van der Waals surface area contributed by atoms with Gasteiger partial charge in [-0.3, -0.25) is 4.90 Å². The highest BCUT2D eigenvalue weighted by molar-refractivity contribution is 7.16. The van der Waals surface area contributed by atoms with E-state index in [1.54, 1.807) is 0 Å². The van der Waals surface area contributed by atoms with Gasteiger partial charge in [0, 0.05) is 6.42 Å². The molecule has 1 aliphatic rings. The van der Waals surface area contributed by atoms with Gasteiger partial charge in [-0.15, -0.1) is 11.3 Å². The predicted octanol–water partition coefficient (Wildman–Crippen LogP) is 3.17. The molecule has 0 unspecified atom stereocenters. The second-order valence-electron chi connectivity index (χ2n) is 5.49. The van der Waals surface area contributed by atoms with Crippen LogP contribution >= 0.6 is 22.9 Å². The van der Waals surface area contributed by atoms with Crippen LogP contribution in [0.1, 0.15) is 26.4 Å². The number of methoxy groups -OCH3 is 1. The Bertz CT molecular complexity index is 838. The molecule has 0 aliphatic carbocycles. The average Bonchev–Trinajstić information content (AvgIpc) is 2.88.